The second-order valence-corrected chi connectivity index (χ2v) is 8.67. The number of carbonyl (C=O) groups is 3. The minimum atomic E-state index is -0.840. The summed E-state index contributed by atoms with van der Waals surface area (Å²) in [7, 11) is 5.52. The Balaban J connectivity index is 2.37. The number of amides is 3. The first-order valence-electron chi connectivity index (χ1n) is 11.1. The molecule has 3 amide bonds. The molecule has 5 N–H and O–H groups in total. The van der Waals surface area contributed by atoms with Crippen LogP contribution in [0, 0.1) is 5.92 Å². The number of H-pyrrole nitrogens is 1. The maximum absolute atomic E-state index is 13.0. The fourth-order valence-electron chi connectivity index (χ4n) is 3.71. The maximum Gasteiger partial charge on any atom is 0.248 e. The third-order valence-electron chi connectivity index (χ3n) is 5.29. The van der Waals surface area contributed by atoms with Gasteiger partial charge < -0.3 is 20.5 Å². The predicted molar refractivity (Wildman–Crippen MR) is 128 cm³/mol. The van der Waals surface area contributed by atoms with Crippen molar-refractivity contribution in [1.29, 1.82) is 0 Å². The first-order valence-corrected chi connectivity index (χ1v) is 11.1. The lowest BCUT2D eigenvalue weighted by atomic mass is 9.99. The smallest absolute Gasteiger partial charge is 0.248 e. The number of rotatable bonds is 11. The van der Waals surface area contributed by atoms with Crippen LogP contribution in [-0.4, -0.2) is 66.5 Å². The topological polar surface area (TPSA) is 127 Å². The highest BCUT2D eigenvalue weighted by molar-refractivity contribution is 6.01. The van der Waals surface area contributed by atoms with Crippen LogP contribution in [0.15, 0.2) is 35.9 Å². The largest absolute Gasteiger partial charge is 0.358 e. The van der Waals surface area contributed by atoms with Gasteiger partial charge in [0.25, 0.3) is 0 Å². The van der Waals surface area contributed by atoms with Gasteiger partial charge in [0.05, 0.1) is 6.42 Å². The second-order valence-electron chi connectivity index (χ2n) is 8.67. The summed E-state index contributed by atoms with van der Waals surface area (Å²) in [5.74, 6) is -1.55. The maximum atomic E-state index is 13.0. The lowest BCUT2D eigenvalue weighted by Gasteiger charge is -2.20. The number of fused-ring (bicyclic) bond motifs is 1. The van der Waals surface area contributed by atoms with Crippen molar-refractivity contribution in [2.45, 2.75) is 39.2 Å². The highest BCUT2D eigenvalue weighted by Gasteiger charge is 2.25. The Hall–Kier alpha value is -3.17. The Morgan fingerprint density at radius 2 is 1.88 bits per heavy atom. The molecule has 0 aliphatic carbocycles. The van der Waals surface area contributed by atoms with Gasteiger partial charge >= 0.3 is 0 Å². The van der Waals surface area contributed by atoms with E-state index in [1.807, 2.05) is 52.2 Å². The highest BCUT2D eigenvalue weighted by Crippen LogP contribution is 2.25. The number of likely N-dealkylation sites (N-methyl/N-ethyl adjacent to an activating group) is 2. The first-order chi connectivity index (χ1) is 15.7. The van der Waals surface area contributed by atoms with E-state index in [-0.39, 0.29) is 23.8 Å². The molecule has 1 aromatic heterocycles. The molecule has 0 fully saturated rings. The Kier molecular flexibility index (Phi) is 9.62. The zero-order valence-corrected chi connectivity index (χ0v) is 20.0. The number of aromatic amines is 1. The number of nitrogens with zero attached hydrogens (tertiary/aromatic N) is 1. The lowest BCUT2D eigenvalue weighted by molar-refractivity contribution is -0.130. The van der Waals surface area contributed by atoms with Gasteiger partial charge in [0.15, 0.2) is 0 Å². The molecule has 0 aliphatic rings. The molecule has 180 valence electrons. The number of para-hydroxylation sites is 1. The number of allylic oxidation sites excluding steroid dienone is 1. The Morgan fingerprint density at radius 3 is 2.48 bits per heavy atom. The predicted octanol–water partition coefficient (Wildman–Crippen LogP) is 1.52. The van der Waals surface area contributed by atoms with Crippen molar-refractivity contribution in [3.05, 3.63) is 47.2 Å². The first kappa shape index (κ1) is 26.1. The number of benzene rings is 1. The molecule has 0 radical (unpaired) electrons. The van der Waals surface area contributed by atoms with E-state index in [0.717, 1.165) is 35.1 Å². The normalized spacial score (nSPS) is 12.8. The van der Waals surface area contributed by atoms with Crippen molar-refractivity contribution in [2.24, 2.45) is 5.92 Å². The van der Waals surface area contributed by atoms with Gasteiger partial charge in [0.1, 0.15) is 6.04 Å². The number of hydroxylamine groups is 1. The zero-order chi connectivity index (χ0) is 24.5. The van der Waals surface area contributed by atoms with Gasteiger partial charge in [-0.1, -0.05) is 38.1 Å². The third-order valence-corrected chi connectivity index (χ3v) is 5.29. The average Bonchev–Trinajstić information content (AvgIpc) is 3.13. The molecule has 9 heteroatoms. The van der Waals surface area contributed by atoms with E-state index in [9.17, 15) is 14.4 Å². The van der Waals surface area contributed by atoms with Crippen molar-refractivity contribution in [1.82, 2.24) is 26.0 Å². The van der Waals surface area contributed by atoms with Crippen molar-refractivity contribution in [3.63, 3.8) is 0 Å². The van der Waals surface area contributed by atoms with Crippen LogP contribution in [-0.2, 0) is 27.2 Å². The summed E-state index contributed by atoms with van der Waals surface area (Å²) < 4.78 is 0. The molecule has 0 bridgehead atoms. The third kappa shape index (κ3) is 7.44. The minimum absolute atomic E-state index is 0.00180. The Bertz CT molecular complexity index is 1010. The van der Waals surface area contributed by atoms with Crippen molar-refractivity contribution >= 4 is 28.6 Å². The van der Waals surface area contributed by atoms with Crippen LogP contribution in [0.1, 0.15) is 31.5 Å². The van der Waals surface area contributed by atoms with Crippen LogP contribution in [0.5, 0.6) is 0 Å². The lowest BCUT2D eigenvalue weighted by Crippen LogP contribution is -2.47. The summed E-state index contributed by atoms with van der Waals surface area (Å²) in [5.41, 5.74) is 4.71. The van der Waals surface area contributed by atoms with E-state index in [1.54, 1.807) is 11.6 Å². The standard InChI is InChI=1S/C24H35N5O4/c1-15(2)12-16(13-22(30)28-33)23(31)27-21(24(32)25-3)14-18-17-8-6-7-9-19(17)26-20(18)10-11-29(4)5/h6-9,12,15,21,26,33H,10-11,13-14H2,1-5H3,(H,25,32)(H,27,31)(H,28,30)/b16-12+/t21-/m0/s1. The van der Waals surface area contributed by atoms with Gasteiger partial charge in [0.2, 0.25) is 17.7 Å². The zero-order valence-electron chi connectivity index (χ0n) is 20.0. The van der Waals surface area contributed by atoms with Gasteiger partial charge in [-0.3, -0.25) is 19.6 Å². The molecule has 0 unspecified atom stereocenters. The van der Waals surface area contributed by atoms with Crippen molar-refractivity contribution < 1.29 is 19.6 Å². The molecule has 1 aromatic carbocycles. The fourth-order valence-corrected chi connectivity index (χ4v) is 3.71. The number of hydrogen-bond acceptors (Lipinski definition) is 5. The molecule has 33 heavy (non-hydrogen) atoms. The molecule has 2 aromatic rings. The van der Waals surface area contributed by atoms with Crippen LogP contribution >= 0.6 is 0 Å². The number of aromatic nitrogens is 1. The van der Waals surface area contributed by atoms with E-state index in [4.69, 9.17) is 5.21 Å². The SMILES string of the molecule is CNC(=O)[C@H](Cc1c(CCN(C)C)[nH]c2ccccc12)NC(=O)/C(=C/C(C)C)CC(=O)NO. The summed E-state index contributed by atoms with van der Waals surface area (Å²) in [5, 5.41) is 15.3. The highest BCUT2D eigenvalue weighted by atomic mass is 16.5. The number of hydrogen-bond donors (Lipinski definition) is 5. The number of carbonyl (C=O) groups excluding carboxylic acids is 3. The Morgan fingerprint density at radius 1 is 1.18 bits per heavy atom. The number of nitrogens with one attached hydrogen (secondary N) is 4. The molecule has 0 spiro atoms. The van der Waals surface area contributed by atoms with Crippen molar-refractivity contribution in [3.8, 4) is 0 Å². The molecule has 2 rings (SSSR count). The Labute approximate surface area is 194 Å². The van der Waals surface area contributed by atoms with E-state index >= 15 is 0 Å². The molecule has 1 atom stereocenters. The molecule has 0 aliphatic heterocycles. The van der Waals surface area contributed by atoms with Gasteiger partial charge in [-0.2, -0.15) is 0 Å². The summed E-state index contributed by atoms with van der Waals surface area (Å²) in [6.07, 6.45) is 2.42. The summed E-state index contributed by atoms with van der Waals surface area (Å²) in [6, 6.07) is 7.04. The molecule has 0 saturated carbocycles. The van der Waals surface area contributed by atoms with Crippen LogP contribution in [0.2, 0.25) is 0 Å². The fraction of sp³-hybridized carbons (Fsp3) is 0.458. The van der Waals surface area contributed by atoms with Crippen molar-refractivity contribution in [2.75, 3.05) is 27.7 Å². The molecule has 9 nitrogen and oxygen atoms in total. The van der Waals surface area contributed by atoms with E-state index in [2.05, 4.69) is 20.5 Å². The van der Waals surface area contributed by atoms with Gasteiger partial charge in [-0.25, -0.2) is 5.48 Å². The van der Waals surface area contributed by atoms with Crippen LogP contribution in [0.25, 0.3) is 10.9 Å². The summed E-state index contributed by atoms with van der Waals surface area (Å²) in [6.45, 7) is 4.58. The van der Waals surface area contributed by atoms with E-state index in [1.165, 1.54) is 7.05 Å². The quantitative estimate of drug-likeness (QED) is 0.199. The molecule has 1 heterocycles. The summed E-state index contributed by atoms with van der Waals surface area (Å²) >= 11 is 0. The minimum Gasteiger partial charge on any atom is -0.358 e. The molecular weight excluding hydrogens is 422 g/mol. The van der Waals surface area contributed by atoms with Gasteiger partial charge in [-0.05, 0) is 31.6 Å². The van der Waals surface area contributed by atoms with Gasteiger partial charge in [0, 0.05) is 48.6 Å². The average molecular weight is 458 g/mol. The van der Waals surface area contributed by atoms with E-state index in [0.29, 0.717) is 6.42 Å². The van der Waals surface area contributed by atoms with Gasteiger partial charge in [-0.15, -0.1) is 0 Å². The van der Waals surface area contributed by atoms with Crippen LogP contribution in [0.3, 0.4) is 0 Å². The van der Waals surface area contributed by atoms with Crippen LogP contribution < -0.4 is 16.1 Å². The van der Waals surface area contributed by atoms with Crippen LogP contribution in [0.4, 0.5) is 0 Å². The second kappa shape index (κ2) is 12.2. The van der Waals surface area contributed by atoms with E-state index < -0.39 is 17.9 Å². The monoisotopic (exact) mass is 457 g/mol. The molecular formula is C24H35N5O4. The molecule has 0 saturated heterocycles. The summed E-state index contributed by atoms with van der Waals surface area (Å²) in [4.78, 5) is 43.0.